The fourth-order valence-corrected chi connectivity index (χ4v) is 5.21. The summed E-state index contributed by atoms with van der Waals surface area (Å²) in [5, 5.41) is 0. The lowest BCUT2D eigenvalue weighted by Crippen LogP contribution is -2.51. The van der Waals surface area contributed by atoms with Crippen LogP contribution in [0, 0.1) is 11.8 Å². The Labute approximate surface area is 178 Å². The number of nitrogens with two attached hydrogens (primary N) is 1. The third kappa shape index (κ3) is 4.96. The number of hydrogen-bond acceptors (Lipinski definition) is 5. The predicted octanol–water partition coefficient (Wildman–Crippen LogP) is 2.17. The molecule has 1 saturated heterocycles. The number of rotatable bonds is 7. The van der Waals surface area contributed by atoms with Crippen molar-refractivity contribution < 1.29 is 4.79 Å². The van der Waals surface area contributed by atoms with Crippen molar-refractivity contribution in [1.82, 2.24) is 14.5 Å². The summed E-state index contributed by atoms with van der Waals surface area (Å²) < 4.78 is 1.40. The number of hydrogen-bond donors (Lipinski definition) is 2. The van der Waals surface area contributed by atoms with Gasteiger partial charge >= 0.3 is 5.69 Å². The molecule has 0 unspecified atom stereocenters. The first-order valence-electron chi connectivity index (χ1n) is 11.5. The van der Waals surface area contributed by atoms with Gasteiger partial charge in [0.15, 0.2) is 5.69 Å². The van der Waals surface area contributed by atoms with E-state index in [4.69, 9.17) is 5.73 Å². The standard InChI is InChI=1S/C22H37N5O3/c1-4-5-10-26-20(23)19(21(29)24-22(26)30)27(17-8-6-7-9-17)18(28)14-25-12-15(2)11-16(3)13-25/h15-17H,4-14,23H2,1-3H3,(H,24,29,30)/t15-,16+. The highest BCUT2D eigenvalue weighted by Crippen LogP contribution is 2.30. The summed E-state index contributed by atoms with van der Waals surface area (Å²) in [5.74, 6) is 1.11. The van der Waals surface area contributed by atoms with E-state index in [1.165, 1.54) is 11.0 Å². The maximum Gasteiger partial charge on any atom is 0.330 e. The highest BCUT2D eigenvalue weighted by molar-refractivity contribution is 5.97. The van der Waals surface area contributed by atoms with E-state index in [9.17, 15) is 14.4 Å². The van der Waals surface area contributed by atoms with Crippen LogP contribution in [0.3, 0.4) is 0 Å². The second-order valence-electron chi connectivity index (χ2n) is 9.34. The monoisotopic (exact) mass is 419 g/mol. The molecular formula is C22H37N5O3. The minimum Gasteiger partial charge on any atom is -0.383 e. The van der Waals surface area contributed by atoms with Gasteiger partial charge in [0, 0.05) is 25.7 Å². The van der Waals surface area contributed by atoms with Gasteiger partial charge in [-0.25, -0.2) is 4.79 Å². The van der Waals surface area contributed by atoms with Crippen LogP contribution in [0.2, 0.25) is 0 Å². The van der Waals surface area contributed by atoms with E-state index in [1.807, 2.05) is 6.92 Å². The van der Waals surface area contributed by atoms with Crippen LogP contribution >= 0.6 is 0 Å². The first-order chi connectivity index (χ1) is 14.3. The first kappa shape index (κ1) is 22.6. The van der Waals surface area contributed by atoms with Crippen LogP contribution in [0.15, 0.2) is 9.59 Å². The molecule has 2 fully saturated rings. The molecule has 1 aliphatic carbocycles. The normalized spacial score (nSPS) is 23.0. The topological polar surface area (TPSA) is 104 Å². The van der Waals surface area contributed by atoms with Gasteiger partial charge in [-0.2, -0.15) is 0 Å². The number of amides is 1. The van der Waals surface area contributed by atoms with Crippen LogP contribution in [-0.2, 0) is 11.3 Å². The number of carbonyl (C=O) groups excluding carboxylic acids is 1. The quantitative estimate of drug-likeness (QED) is 0.705. The van der Waals surface area contributed by atoms with E-state index >= 15 is 0 Å². The summed E-state index contributed by atoms with van der Waals surface area (Å²) in [4.78, 5) is 44.9. The number of likely N-dealkylation sites (tertiary alicyclic amines) is 1. The lowest BCUT2D eigenvalue weighted by atomic mass is 9.92. The molecule has 0 bridgehead atoms. The Hall–Kier alpha value is -2.09. The Morgan fingerprint density at radius 1 is 1.17 bits per heavy atom. The van der Waals surface area contributed by atoms with Gasteiger partial charge in [-0.1, -0.05) is 40.0 Å². The molecule has 1 amide bonds. The van der Waals surface area contributed by atoms with Gasteiger partial charge in [0.2, 0.25) is 5.91 Å². The third-order valence-electron chi connectivity index (χ3n) is 6.45. The van der Waals surface area contributed by atoms with Crippen molar-refractivity contribution in [1.29, 1.82) is 0 Å². The van der Waals surface area contributed by atoms with Crippen molar-refractivity contribution in [2.24, 2.45) is 11.8 Å². The van der Waals surface area contributed by atoms with Crippen molar-refractivity contribution >= 4 is 17.4 Å². The molecule has 2 heterocycles. The number of carbonyl (C=O) groups is 1. The largest absolute Gasteiger partial charge is 0.383 e. The van der Waals surface area contributed by atoms with Crippen LogP contribution < -0.4 is 21.9 Å². The summed E-state index contributed by atoms with van der Waals surface area (Å²) in [7, 11) is 0. The van der Waals surface area contributed by atoms with E-state index in [0.29, 0.717) is 18.4 Å². The molecule has 2 aliphatic rings. The maximum absolute atomic E-state index is 13.5. The fraction of sp³-hybridized carbons (Fsp3) is 0.773. The van der Waals surface area contributed by atoms with Crippen LogP contribution in [0.1, 0.15) is 65.7 Å². The summed E-state index contributed by atoms with van der Waals surface area (Å²) in [5.41, 5.74) is 5.43. The van der Waals surface area contributed by atoms with E-state index < -0.39 is 11.2 Å². The molecule has 168 valence electrons. The molecule has 8 nitrogen and oxygen atoms in total. The molecule has 0 aromatic carbocycles. The number of nitrogens with one attached hydrogen (secondary N) is 1. The van der Waals surface area contributed by atoms with E-state index in [1.54, 1.807) is 4.90 Å². The second-order valence-corrected chi connectivity index (χ2v) is 9.34. The molecule has 30 heavy (non-hydrogen) atoms. The van der Waals surface area contributed by atoms with Crippen molar-refractivity contribution in [3.63, 3.8) is 0 Å². The summed E-state index contributed by atoms with van der Waals surface area (Å²) in [6.45, 7) is 8.94. The molecular weight excluding hydrogens is 382 g/mol. The second kappa shape index (κ2) is 9.81. The predicted molar refractivity (Wildman–Crippen MR) is 120 cm³/mol. The number of unbranched alkanes of at least 4 members (excludes halogenated alkanes) is 1. The molecule has 1 aromatic heterocycles. The number of nitrogen functional groups attached to an aromatic ring is 1. The smallest absolute Gasteiger partial charge is 0.330 e. The van der Waals surface area contributed by atoms with Crippen molar-refractivity contribution in [3.8, 4) is 0 Å². The zero-order valence-corrected chi connectivity index (χ0v) is 18.7. The Morgan fingerprint density at radius 2 is 1.80 bits per heavy atom. The van der Waals surface area contributed by atoms with E-state index in [2.05, 4.69) is 23.7 Å². The summed E-state index contributed by atoms with van der Waals surface area (Å²) >= 11 is 0. The highest BCUT2D eigenvalue weighted by Gasteiger charge is 2.34. The first-order valence-corrected chi connectivity index (χ1v) is 11.5. The van der Waals surface area contributed by atoms with Crippen LogP contribution in [0.4, 0.5) is 11.5 Å². The molecule has 3 rings (SSSR count). The Bertz CT molecular complexity index is 845. The Kier molecular flexibility index (Phi) is 7.39. The van der Waals surface area contributed by atoms with Crippen LogP contribution in [0.25, 0.3) is 0 Å². The van der Waals surface area contributed by atoms with Gasteiger partial charge in [0.25, 0.3) is 5.56 Å². The zero-order chi connectivity index (χ0) is 21.8. The van der Waals surface area contributed by atoms with Gasteiger partial charge in [0.05, 0.1) is 6.54 Å². The molecule has 1 saturated carbocycles. The molecule has 1 aromatic rings. The molecule has 3 N–H and O–H groups in total. The van der Waals surface area contributed by atoms with E-state index in [0.717, 1.165) is 51.6 Å². The Morgan fingerprint density at radius 3 is 2.40 bits per heavy atom. The van der Waals surface area contributed by atoms with E-state index in [-0.39, 0.29) is 30.0 Å². The van der Waals surface area contributed by atoms with Gasteiger partial charge in [0.1, 0.15) is 5.82 Å². The number of H-pyrrole nitrogens is 1. The average molecular weight is 420 g/mol. The van der Waals surface area contributed by atoms with Crippen LogP contribution in [0.5, 0.6) is 0 Å². The van der Waals surface area contributed by atoms with Gasteiger partial charge in [-0.15, -0.1) is 0 Å². The van der Waals surface area contributed by atoms with Crippen molar-refractivity contribution in [3.05, 3.63) is 20.8 Å². The van der Waals surface area contributed by atoms with Gasteiger partial charge in [-0.3, -0.25) is 24.0 Å². The third-order valence-corrected chi connectivity index (χ3v) is 6.45. The zero-order valence-electron chi connectivity index (χ0n) is 18.7. The number of anilines is 2. The van der Waals surface area contributed by atoms with Gasteiger partial charge in [-0.05, 0) is 37.5 Å². The van der Waals surface area contributed by atoms with Crippen LogP contribution in [-0.4, -0.2) is 46.0 Å². The SMILES string of the molecule is CCCCn1c(N)c(N(C(=O)CN2C[C@H](C)C[C@H](C)C2)C2CCCC2)c(=O)[nH]c1=O. The number of piperidine rings is 1. The highest BCUT2D eigenvalue weighted by atomic mass is 16.2. The average Bonchev–Trinajstić information content (AvgIpc) is 3.18. The lowest BCUT2D eigenvalue weighted by molar-refractivity contribution is -0.120. The summed E-state index contributed by atoms with van der Waals surface area (Å²) in [6, 6.07) is -0.0438. The van der Waals surface area contributed by atoms with Crippen molar-refractivity contribution in [2.45, 2.75) is 78.3 Å². The molecule has 8 heteroatoms. The molecule has 1 aliphatic heterocycles. The molecule has 2 atom stereocenters. The summed E-state index contributed by atoms with van der Waals surface area (Å²) in [6.07, 6.45) is 6.61. The number of aromatic nitrogens is 2. The fourth-order valence-electron chi connectivity index (χ4n) is 5.21. The maximum atomic E-state index is 13.5. The molecule has 0 radical (unpaired) electrons. The van der Waals surface area contributed by atoms with Gasteiger partial charge < -0.3 is 10.6 Å². The molecule has 0 spiro atoms. The minimum absolute atomic E-state index is 0.0438. The minimum atomic E-state index is -0.564. The number of nitrogens with zero attached hydrogens (tertiary/aromatic N) is 3. The van der Waals surface area contributed by atoms with Crippen molar-refractivity contribution in [2.75, 3.05) is 30.3 Å². The lowest BCUT2D eigenvalue weighted by Gasteiger charge is -2.37. The number of aromatic amines is 1. The Balaban J connectivity index is 1.95.